The molecule has 2 aromatic rings. The second-order valence-electron chi connectivity index (χ2n) is 5.56. The summed E-state index contributed by atoms with van der Waals surface area (Å²) in [4.78, 5) is 5.24. The molecule has 2 rings (SSSR count). The van der Waals surface area contributed by atoms with Crippen LogP contribution in [0.3, 0.4) is 0 Å². The van der Waals surface area contributed by atoms with Crippen molar-refractivity contribution < 1.29 is 14.3 Å². The van der Waals surface area contributed by atoms with Crippen molar-refractivity contribution in [3.8, 4) is 17.2 Å². The maximum Gasteiger partial charge on any atom is 0.157 e. The van der Waals surface area contributed by atoms with E-state index in [0.717, 1.165) is 19.3 Å². The highest BCUT2D eigenvalue weighted by Crippen LogP contribution is 2.37. The SMILES string of the molecule is ClC(Cl)=CCOc1cc(Cl)c(OCCCC/C=N/Oc2ccccc2)c(Cl)c1. The zero-order valence-electron chi connectivity index (χ0n) is 14.9. The van der Waals surface area contributed by atoms with E-state index in [9.17, 15) is 0 Å². The average molecular weight is 463 g/mol. The zero-order valence-corrected chi connectivity index (χ0v) is 17.9. The van der Waals surface area contributed by atoms with Gasteiger partial charge in [-0.15, -0.1) is 0 Å². The van der Waals surface area contributed by atoms with Gasteiger partial charge >= 0.3 is 0 Å². The summed E-state index contributed by atoms with van der Waals surface area (Å²) in [5, 5.41) is 4.68. The minimum atomic E-state index is 0.133. The van der Waals surface area contributed by atoms with Crippen LogP contribution in [0.1, 0.15) is 19.3 Å². The number of ether oxygens (including phenoxy) is 2. The summed E-state index contributed by atoms with van der Waals surface area (Å²) in [6.45, 7) is 0.697. The molecule has 0 aliphatic carbocycles. The van der Waals surface area contributed by atoms with Gasteiger partial charge in [-0.05, 0) is 37.5 Å². The lowest BCUT2D eigenvalue weighted by Gasteiger charge is -2.12. The number of nitrogens with zero attached hydrogens (tertiary/aromatic N) is 1. The Bertz CT molecular complexity index is 770. The van der Waals surface area contributed by atoms with Gasteiger partial charge in [-0.25, -0.2) is 0 Å². The molecular weight excluding hydrogens is 444 g/mol. The predicted octanol–water partition coefficient (Wildman–Crippen LogP) is 7.31. The van der Waals surface area contributed by atoms with Crippen LogP contribution >= 0.6 is 46.4 Å². The third kappa shape index (κ3) is 8.61. The molecule has 2 aromatic carbocycles. The lowest BCUT2D eigenvalue weighted by atomic mass is 10.2. The summed E-state index contributed by atoms with van der Waals surface area (Å²) in [5.41, 5.74) is 0. The van der Waals surface area contributed by atoms with Crippen LogP contribution in [0.2, 0.25) is 10.0 Å². The summed E-state index contributed by atoms with van der Waals surface area (Å²) in [6.07, 6.45) is 5.75. The molecule has 0 spiro atoms. The molecule has 0 bridgehead atoms. The predicted molar refractivity (Wildman–Crippen MR) is 117 cm³/mol. The molecule has 0 N–H and O–H groups in total. The van der Waals surface area contributed by atoms with E-state index >= 15 is 0 Å². The van der Waals surface area contributed by atoms with E-state index in [0.29, 0.717) is 33.9 Å². The van der Waals surface area contributed by atoms with Crippen molar-refractivity contribution in [2.24, 2.45) is 5.16 Å². The Labute approximate surface area is 184 Å². The van der Waals surface area contributed by atoms with Gasteiger partial charge < -0.3 is 14.3 Å². The van der Waals surface area contributed by atoms with Crippen molar-refractivity contribution >= 4 is 52.6 Å². The van der Waals surface area contributed by atoms with Gasteiger partial charge in [0.05, 0.1) is 16.7 Å². The Balaban J connectivity index is 1.68. The monoisotopic (exact) mass is 461 g/mol. The van der Waals surface area contributed by atoms with Gasteiger partial charge in [-0.3, -0.25) is 0 Å². The highest BCUT2D eigenvalue weighted by atomic mass is 35.5. The van der Waals surface area contributed by atoms with E-state index in [-0.39, 0.29) is 11.1 Å². The van der Waals surface area contributed by atoms with Gasteiger partial charge in [0.15, 0.2) is 11.5 Å². The van der Waals surface area contributed by atoms with Gasteiger partial charge in [-0.2, -0.15) is 0 Å². The largest absolute Gasteiger partial charge is 0.490 e. The Hall–Kier alpha value is -1.59. The van der Waals surface area contributed by atoms with Crippen molar-refractivity contribution in [2.75, 3.05) is 13.2 Å². The van der Waals surface area contributed by atoms with Gasteiger partial charge in [0, 0.05) is 18.3 Å². The normalized spacial score (nSPS) is 10.7. The number of para-hydroxylation sites is 1. The fourth-order valence-electron chi connectivity index (χ4n) is 2.10. The minimum Gasteiger partial charge on any atom is -0.490 e. The summed E-state index contributed by atoms with van der Waals surface area (Å²) in [6, 6.07) is 12.7. The van der Waals surface area contributed by atoms with Crippen LogP contribution < -0.4 is 14.3 Å². The third-order valence-corrected chi connectivity index (χ3v) is 4.28. The highest BCUT2D eigenvalue weighted by Gasteiger charge is 2.10. The summed E-state index contributed by atoms with van der Waals surface area (Å²) in [5.74, 6) is 1.64. The van der Waals surface area contributed by atoms with E-state index in [2.05, 4.69) is 5.16 Å². The van der Waals surface area contributed by atoms with Gasteiger partial charge in [0.25, 0.3) is 0 Å². The van der Waals surface area contributed by atoms with Crippen molar-refractivity contribution in [1.29, 1.82) is 0 Å². The summed E-state index contributed by atoms with van der Waals surface area (Å²) < 4.78 is 11.3. The molecule has 0 amide bonds. The molecule has 8 heteroatoms. The molecule has 0 aromatic heterocycles. The van der Waals surface area contributed by atoms with E-state index < -0.39 is 0 Å². The van der Waals surface area contributed by atoms with E-state index in [1.807, 2.05) is 30.3 Å². The molecule has 0 saturated carbocycles. The van der Waals surface area contributed by atoms with Gasteiger partial charge in [0.1, 0.15) is 16.8 Å². The standard InChI is InChI=1S/C20H19Cl4NO3/c21-17-13-16(26-12-9-19(23)24)14-18(22)20(17)27-11-6-2-5-10-25-28-15-7-3-1-4-8-15/h1,3-4,7-10,13-14H,2,5-6,11-12H2/b25-10+. The fourth-order valence-corrected chi connectivity index (χ4v) is 2.80. The minimum absolute atomic E-state index is 0.133. The highest BCUT2D eigenvalue weighted by molar-refractivity contribution is 6.55. The number of halogens is 4. The maximum absolute atomic E-state index is 6.22. The van der Waals surface area contributed by atoms with E-state index in [1.165, 1.54) is 6.08 Å². The molecule has 0 fully saturated rings. The number of rotatable bonds is 11. The topological polar surface area (TPSA) is 40.0 Å². The van der Waals surface area contributed by atoms with Crippen LogP contribution in [0.5, 0.6) is 17.2 Å². The molecular formula is C20H19Cl4NO3. The third-order valence-electron chi connectivity index (χ3n) is 3.41. The number of unbranched alkanes of at least 4 members (excludes halogenated alkanes) is 2. The van der Waals surface area contributed by atoms with Crippen LogP contribution in [0.15, 0.2) is 58.2 Å². The number of benzene rings is 2. The quantitative estimate of drug-likeness (QED) is 0.199. The van der Waals surface area contributed by atoms with Gasteiger partial charge in [0.2, 0.25) is 0 Å². The van der Waals surface area contributed by atoms with Crippen molar-refractivity contribution in [3.63, 3.8) is 0 Å². The van der Waals surface area contributed by atoms with Crippen LogP contribution in [0.25, 0.3) is 0 Å². The Morgan fingerprint density at radius 3 is 2.32 bits per heavy atom. The van der Waals surface area contributed by atoms with Crippen LogP contribution in [-0.4, -0.2) is 19.4 Å². The second-order valence-corrected chi connectivity index (χ2v) is 7.38. The number of hydrogen-bond acceptors (Lipinski definition) is 4. The first-order valence-electron chi connectivity index (χ1n) is 8.56. The Kier molecular flexibility index (Phi) is 10.4. The van der Waals surface area contributed by atoms with Crippen molar-refractivity contribution in [2.45, 2.75) is 19.3 Å². The smallest absolute Gasteiger partial charge is 0.157 e. The lowest BCUT2D eigenvalue weighted by Crippen LogP contribution is -2.00. The molecule has 0 radical (unpaired) electrons. The molecule has 0 atom stereocenters. The van der Waals surface area contributed by atoms with Gasteiger partial charge in [-0.1, -0.05) is 69.8 Å². The van der Waals surface area contributed by atoms with Crippen LogP contribution in [0.4, 0.5) is 0 Å². The molecule has 4 nitrogen and oxygen atoms in total. The second kappa shape index (κ2) is 12.8. The fraction of sp³-hybridized carbons (Fsp3) is 0.250. The molecule has 0 aliphatic rings. The average Bonchev–Trinajstić information content (AvgIpc) is 2.66. The Morgan fingerprint density at radius 2 is 1.64 bits per heavy atom. The Morgan fingerprint density at radius 1 is 0.929 bits per heavy atom. The van der Waals surface area contributed by atoms with Crippen LogP contribution in [-0.2, 0) is 0 Å². The lowest BCUT2D eigenvalue weighted by molar-refractivity contribution is 0.306. The van der Waals surface area contributed by atoms with E-state index in [4.69, 9.17) is 60.7 Å². The van der Waals surface area contributed by atoms with Crippen molar-refractivity contribution in [1.82, 2.24) is 0 Å². The molecule has 28 heavy (non-hydrogen) atoms. The summed E-state index contributed by atoms with van der Waals surface area (Å²) in [7, 11) is 0. The number of hydrogen-bond donors (Lipinski definition) is 0. The molecule has 0 saturated heterocycles. The molecule has 0 aliphatic heterocycles. The molecule has 0 unspecified atom stereocenters. The zero-order chi connectivity index (χ0) is 20.2. The first-order chi connectivity index (χ1) is 13.6. The maximum atomic E-state index is 6.22. The van der Waals surface area contributed by atoms with Crippen LogP contribution in [0, 0.1) is 0 Å². The van der Waals surface area contributed by atoms with Crippen molar-refractivity contribution in [3.05, 3.63) is 63.1 Å². The van der Waals surface area contributed by atoms with E-state index in [1.54, 1.807) is 18.3 Å². The summed E-state index contributed by atoms with van der Waals surface area (Å²) >= 11 is 23.5. The first-order valence-corrected chi connectivity index (χ1v) is 10.1. The first kappa shape index (κ1) is 22.7. The molecule has 150 valence electrons. The molecule has 0 heterocycles. The number of oxime groups is 1.